The summed E-state index contributed by atoms with van der Waals surface area (Å²) in [4.78, 5) is 28.6. The van der Waals surface area contributed by atoms with E-state index in [4.69, 9.17) is 13.6 Å². The Bertz CT molecular complexity index is 1710. The molecule has 1 aliphatic rings. The molecular weight excluding hydrogens is 691 g/mol. The Labute approximate surface area is 323 Å². The topological polar surface area (TPSA) is 73.9 Å². The number of hydrogen-bond donors (Lipinski definition) is 1. The summed E-state index contributed by atoms with van der Waals surface area (Å²) in [6.45, 7) is 30.9. The number of rotatable bonds is 12. The molecule has 0 aromatic heterocycles. The molecule has 0 bridgehead atoms. The Kier molecular flexibility index (Phi) is 12.6. The molecule has 4 atom stereocenters. The molecule has 53 heavy (non-hydrogen) atoms. The molecule has 8 heteroatoms. The fourth-order valence-electron chi connectivity index (χ4n) is 6.80. The van der Waals surface area contributed by atoms with Crippen LogP contribution in [0.25, 0.3) is 0 Å². The average Bonchev–Trinajstić information content (AvgIpc) is 3.05. The number of ether oxygens (including phenoxy) is 1. The molecule has 6 nitrogen and oxygen atoms in total. The molecule has 4 rings (SSSR count). The van der Waals surface area contributed by atoms with Crippen LogP contribution in [0.5, 0.6) is 11.5 Å². The minimum atomic E-state index is -2.29. The fraction of sp³-hybridized carbons (Fsp3) is 0.556. The van der Waals surface area contributed by atoms with Crippen molar-refractivity contribution in [3.63, 3.8) is 0 Å². The molecule has 1 N–H and O–H groups in total. The molecule has 290 valence electrons. The van der Waals surface area contributed by atoms with Gasteiger partial charge in [0, 0.05) is 17.9 Å². The highest BCUT2D eigenvalue weighted by Gasteiger charge is 2.46. The van der Waals surface area contributed by atoms with E-state index < -0.39 is 28.1 Å². The van der Waals surface area contributed by atoms with Crippen molar-refractivity contribution in [1.82, 2.24) is 5.32 Å². The Morgan fingerprint density at radius 1 is 0.717 bits per heavy atom. The van der Waals surface area contributed by atoms with Crippen LogP contribution in [-0.4, -0.2) is 40.2 Å². The van der Waals surface area contributed by atoms with Crippen LogP contribution in [0.2, 0.25) is 36.3 Å². The SMILES string of the molecule is C[C@@H]1CC[C@@H](C(C)(C)c2ccccc2)[C@H](OC(=O)[C@@](C)(Cc2ccc(O[Si](C)(C)C(C)(C)C)c(O[Si](C)(C)C(C)(C)C)c2)NC(=O)c2ccccc2)C1. The molecule has 3 aromatic carbocycles. The van der Waals surface area contributed by atoms with E-state index in [9.17, 15) is 9.59 Å². The summed E-state index contributed by atoms with van der Waals surface area (Å²) in [5.74, 6) is 1.21. The van der Waals surface area contributed by atoms with E-state index in [1.165, 1.54) is 5.56 Å². The van der Waals surface area contributed by atoms with Crippen molar-refractivity contribution in [2.75, 3.05) is 0 Å². The van der Waals surface area contributed by atoms with E-state index in [0.717, 1.165) is 30.6 Å². The molecule has 1 amide bonds. The number of hydrogen-bond acceptors (Lipinski definition) is 5. The first-order valence-corrected chi connectivity index (χ1v) is 25.3. The van der Waals surface area contributed by atoms with Crippen molar-refractivity contribution in [2.45, 2.75) is 148 Å². The third-order valence-electron chi connectivity index (χ3n) is 12.5. The Morgan fingerprint density at radius 2 is 1.25 bits per heavy atom. The zero-order chi connectivity index (χ0) is 39.6. The molecule has 0 radical (unpaired) electrons. The van der Waals surface area contributed by atoms with Crippen LogP contribution in [0.4, 0.5) is 0 Å². The van der Waals surface area contributed by atoms with E-state index >= 15 is 0 Å². The summed E-state index contributed by atoms with van der Waals surface area (Å²) in [6, 6.07) is 25.6. The highest BCUT2D eigenvalue weighted by atomic mass is 28.4. The highest BCUT2D eigenvalue weighted by Crippen LogP contribution is 2.46. The lowest BCUT2D eigenvalue weighted by molar-refractivity contribution is -0.163. The van der Waals surface area contributed by atoms with Crippen LogP contribution < -0.4 is 14.2 Å². The zero-order valence-electron chi connectivity index (χ0n) is 35.1. The molecular formula is C45H67NO5Si2. The van der Waals surface area contributed by atoms with Gasteiger partial charge in [0.1, 0.15) is 23.1 Å². The van der Waals surface area contributed by atoms with Crippen LogP contribution in [0.15, 0.2) is 78.9 Å². The smallest absolute Gasteiger partial charge is 0.332 e. The maximum Gasteiger partial charge on any atom is 0.332 e. The highest BCUT2D eigenvalue weighted by molar-refractivity contribution is 6.75. The first-order valence-electron chi connectivity index (χ1n) is 19.5. The summed E-state index contributed by atoms with van der Waals surface area (Å²) in [6.07, 6.45) is 2.73. The second-order valence-corrected chi connectivity index (χ2v) is 28.8. The van der Waals surface area contributed by atoms with Gasteiger partial charge in [0.15, 0.2) is 0 Å². The van der Waals surface area contributed by atoms with Crippen molar-refractivity contribution in [2.24, 2.45) is 11.8 Å². The maximum absolute atomic E-state index is 14.7. The predicted molar refractivity (Wildman–Crippen MR) is 224 cm³/mol. The molecule has 1 fully saturated rings. The van der Waals surface area contributed by atoms with Gasteiger partial charge in [-0.2, -0.15) is 0 Å². The van der Waals surface area contributed by atoms with Crippen molar-refractivity contribution in [3.05, 3.63) is 95.6 Å². The lowest BCUT2D eigenvalue weighted by Crippen LogP contribution is -2.56. The number of esters is 1. The van der Waals surface area contributed by atoms with Crippen molar-refractivity contribution in [3.8, 4) is 11.5 Å². The predicted octanol–water partition coefficient (Wildman–Crippen LogP) is 11.5. The molecule has 0 spiro atoms. The van der Waals surface area contributed by atoms with Gasteiger partial charge in [-0.05, 0) is 103 Å². The van der Waals surface area contributed by atoms with Gasteiger partial charge in [-0.3, -0.25) is 4.79 Å². The van der Waals surface area contributed by atoms with Gasteiger partial charge in [0.25, 0.3) is 22.5 Å². The Balaban J connectivity index is 1.76. The summed E-state index contributed by atoms with van der Waals surface area (Å²) >= 11 is 0. The number of nitrogens with one attached hydrogen (secondary N) is 1. The number of benzene rings is 3. The van der Waals surface area contributed by atoms with E-state index in [0.29, 0.717) is 17.2 Å². The number of amides is 1. The Morgan fingerprint density at radius 3 is 1.79 bits per heavy atom. The summed E-state index contributed by atoms with van der Waals surface area (Å²) < 4.78 is 20.5. The van der Waals surface area contributed by atoms with E-state index in [2.05, 4.69) is 118 Å². The monoisotopic (exact) mass is 757 g/mol. The summed E-state index contributed by atoms with van der Waals surface area (Å²) in [7, 11) is -4.50. The van der Waals surface area contributed by atoms with Gasteiger partial charge in [0.2, 0.25) is 0 Å². The number of carbonyl (C=O) groups excluding carboxylic acids is 2. The first kappa shape index (κ1) is 42.4. The van der Waals surface area contributed by atoms with Crippen LogP contribution in [0, 0.1) is 11.8 Å². The minimum absolute atomic E-state index is 0.00643. The lowest BCUT2D eigenvalue weighted by Gasteiger charge is -2.45. The van der Waals surface area contributed by atoms with E-state index in [1.54, 1.807) is 19.1 Å². The van der Waals surface area contributed by atoms with Crippen LogP contribution in [-0.2, 0) is 21.4 Å². The standard InChI is InChI=1S/C45H67NO5Si2/c1-32-25-27-36(44(8,9)35-23-19-16-20-24-35)38(29-32)49-41(48)45(10,46-40(47)34-21-17-15-18-22-34)31-33-26-28-37(50-52(11,12)42(2,3)4)39(30-33)51-53(13,14)43(5,6)7/h15-24,26,28,30,32,36,38H,25,27,29,31H2,1-14H3,(H,46,47)/t32-,36-,38-,45-/m1/s1. The molecule has 0 heterocycles. The fourth-order valence-corrected chi connectivity index (χ4v) is 8.84. The second kappa shape index (κ2) is 15.8. The molecule has 0 aliphatic heterocycles. The van der Waals surface area contributed by atoms with Crippen molar-refractivity contribution >= 4 is 28.5 Å². The summed E-state index contributed by atoms with van der Waals surface area (Å²) in [5, 5.41) is 3.09. The van der Waals surface area contributed by atoms with Gasteiger partial charge in [-0.15, -0.1) is 0 Å². The van der Waals surface area contributed by atoms with Crippen LogP contribution >= 0.6 is 0 Å². The van der Waals surface area contributed by atoms with Gasteiger partial charge in [-0.25, -0.2) is 4.79 Å². The van der Waals surface area contributed by atoms with Crippen LogP contribution in [0.3, 0.4) is 0 Å². The number of carbonyl (C=O) groups is 2. The first-order chi connectivity index (χ1) is 24.4. The minimum Gasteiger partial charge on any atom is -0.541 e. The third-order valence-corrected chi connectivity index (χ3v) is 21.2. The zero-order valence-corrected chi connectivity index (χ0v) is 37.1. The third kappa shape index (κ3) is 10.0. The van der Waals surface area contributed by atoms with Gasteiger partial charge >= 0.3 is 5.97 Å². The van der Waals surface area contributed by atoms with Crippen molar-refractivity contribution in [1.29, 1.82) is 0 Å². The van der Waals surface area contributed by atoms with Gasteiger partial charge in [0.05, 0.1) is 0 Å². The second-order valence-electron chi connectivity index (χ2n) is 19.4. The molecule has 3 aromatic rings. The van der Waals surface area contributed by atoms with Crippen molar-refractivity contribution < 1.29 is 23.2 Å². The van der Waals surface area contributed by atoms with Gasteiger partial charge in [-0.1, -0.05) is 123 Å². The van der Waals surface area contributed by atoms with Crippen LogP contribution in [0.1, 0.15) is 110 Å². The van der Waals surface area contributed by atoms with E-state index in [1.807, 2.05) is 42.5 Å². The lowest BCUT2D eigenvalue weighted by atomic mass is 9.64. The summed E-state index contributed by atoms with van der Waals surface area (Å²) in [5.41, 5.74) is 0.986. The molecule has 0 unspecified atom stereocenters. The largest absolute Gasteiger partial charge is 0.541 e. The maximum atomic E-state index is 14.7. The Hall–Kier alpha value is -3.37. The molecule has 1 aliphatic carbocycles. The average molecular weight is 758 g/mol. The normalized spacial score (nSPS) is 19.8. The molecule has 1 saturated carbocycles. The quantitative estimate of drug-likeness (QED) is 0.147. The molecule has 0 saturated heterocycles. The van der Waals surface area contributed by atoms with Gasteiger partial charge < -0.3 is 18.9 Å². The van der Waals surface area contributed by atoms with E-state index in [-0.39, 0.29) is 39.8 Å².